The first kappa shape index (κ1) is 28.8. The van der Waals surface area contributed by atoms with Crippen LogP contribution >= 0.6 is 0 Å². The van der Waals surface area contributed by atoms with Crippen LogP contribution < -0.4 is 9.64 Å². The summed E-state index contributed by atoms with van der Waals surface area (Å²) in [5.41, 5.74) is 6.13. The number of piperidine rings is 1. The van der Waals surface area contributed by atoms with Gasteiger partial charge in [-0.2, -0.15) is 0 Å². The summed E-state index contributed by atoms with van der Waals surface area (Å²) in [5.74, 6) is 1.05. The average molecular weight is 618 g/mol. The Morgan fingerprint density at radius 3 is 2.61 bits per heavy atom. The van der Waals surface area contributed by atoms with Crippen molar-refractivity contribution in [3.8, 4) is 28.3 Å². The summed E-state index contributed by atoms with van der Waals surface area (Å²) in [4.78, 5) is 30.4. The third kappa shape index (κ3) is 5.04. The van der Waals surface area contributed by atoms with E-state index in [2.05, 4.69) is 19.9 Å². The Bertz CT molecular complexity index is 1940. The summed E-state index contributed by atoms with van der Waals surface area (Å²) >= 11 is 0. The van der Waals surface area contributed by atoms with E-state index in [9.17, 15) is 9.90 Å². The van der Waals surface area contributed by atoms with Crippen molar-refractivity contribution in [3.63, 3.8) is 0 Å². The number of aromatic nitrogens is 3. The number of pyridine rings is 2. The van der Waals surface area contributed by atoms with E-state index in [1.165, 1.54) is 18.4 Å². The second-order valence-corrected chi connectivity index (χ2v) is 12.8. The number of amides is 1. The molecule has 1 saturated carbocycles. The Morgan fingerprint density at radius 1 is 1.00 bits per heavy atom. The van der Waals surface area contributed by atoms with Crippen molar-refractivity contribution in [2.24, 2.45) is 0 Å². The van der Waals surface area contributed by atoms with E-state index in [0.717, 1.165) is 35.3 Å². The number of fused-ring (bicyclic) bond motifs is 2. The Balaban J connectivity index is 1.13. The number of anilines is 1. The van der Waals surface area contributed by atoms with Gasteiger partial charge in [0.05, 0.1) is 35.8 Å². The van der Waals surface area contributed by atoms with E-state index in [1.807, 2.05) is 67.7 Å². The van der Waals surface area contributed by atoms with Crippen molar-refractivity contribution in [1.82, 2.24) is 19.9 Å². The van der Waals surface area contributed by atoms with Crippen LogP contribution in [0.3, 0.4) is 0 Å². The number of ether oxygens (including phenoxy) is 1. The molecule has 8 rings (SSSR count). The van der Waals surface area contributed by atoms with Crippen LogP contribution in [-0.2, 0) is 12.3 Å². The van der Waals surface area contributed by atoms with Gasteiger partial charge in [0.2, 0.25) is 0 Å². The maximum absolute atomic E-state index is 15.7. The standard InChI is InChI=1S/C37H36FN5O3/c1-42-15-12-37(38,13-16-42)25-8-10-31(40-21-25)32-20-29-27(11-14-39-35(29)41-32)26-3-2-4-33(30(26)22-44)43-17-18-46-34-19-24(23-5-6-23)7-9-28(34)36(43)45/h2-4,7-11,14,19-21,23,44H,5-6,12-13,15-18,22H2,1H3,(H,39,41). The third-order valence-corrected chi connectivity index (χ3v) is 9.86. The number of nitrogens with one attached hydrogen (secondary N) is 1. The number of aliphatic hydroxyl groups excluding tert-OH is 1. The fourth-order valence-electron chi connectivity index (χ4n) is 6.95. The lowest BCUT2D eigenvalue weighted by Crippen LogP contribution is -2.38. The minimum absolute atomic E-state index is 0.143. The number of carbonyl (C=O) groups excluding carboxylic acids is 1. The predicted octanol–water partition coefficient (Wildman–Crippen LogP) is 6.59. The number of likely N-dealkylation sites (tertiary alicyclic amines) is 1. The van der Waals surface area contributed by atoms with Crippen molar-refractivity contribution < 1.29 is 19.0 Å². The fraction of sp³-hybridized carbons (Fsp3) is 0.324. The van der Waals surface area contributed by atoms with Crippen molar-refractivity contribution in [1.29, 1.82) is 0 Å². The molecule has 5 heterocycles. The molecule has 9 heteroatoms. The summed E-state index contributed by atoms with van der Waals surface area (Å²) in [6.07, 6.45) is 6.66. The van der Waals surface area contributed by atoms with E-state index in [0.29, 0.717) is 71.4 Å². The molecule has 0 unspecified atom stereocenters. The molecule has 0 spiro atoms. The number of nitrogens with zero attached hydrogens (tertiary/aromatic N) is 4. The Kier molecular flexibility index (Phi) is 7.10. The largest absolute Gasteiger partial charge is 0.491 e. The summed E-state index contributed by atoms with van der Waals surface area (Å²) in [6, 6.07) is 19.3. The normalized spacial score (nSPS) is 18.3. The molecule has 46 heavy (non-hydrogen) atoms. The van der Waals surface area contributed by atoms with Crippen LogP contribution in [0.15, 0.2) is 73.1 Å². The molecule has 3 aliphatic rings. The van der Waals surface area contributed by atoms with Crippen LogP contribution in [0.4, 0.5) is 10.1 Å². The van der Waals surface area contributed by atoms with Gasteiger partial charge in [0.25, 0.3) is 5.91 Å². The topological polar surface area (TPSA) is 94.6 Å². The van der Waals surface area contributed by atoms with Crippen LogP contribution in [-0.4, -0.2) is 64.2 Å². The summed E-state index contributed by atoms with van der Waals surface area (Å²) in [5, 5.41) is 11.6. The van der Waals surface area contributed by atoms with Gasteiger partial charge in [-0.15, -0.1) is 0 Å². The van der Waals surface area contributed by atoms with Crippen molar-refractivity contribution >= 4 is 22.6 Å². The lowest BCUT2D eigenvalue weighted by atomic mass is 9.87. The second kappa shape index (κ2) is 11.3. The molecule has 2 N–H and O–H groups in total. The molecule has 1 aliphatic carbocycles. The number of halogens is 1. The van der Waals surface area contributed by atoms with E-state index < -0.39 is 5.67 Å². The van der Waals surface area contributed by atoms with Gasteiger partial charge in [-0.25, -0.2) is 9.37 Å². The maximum Gasteiger partial charge on any atom is 0.262 e. The van der Waals surface area contributed by atoms with Gasteiger partial charge >= 0.3 is 0 Å². The Labute approximate surface area is 266 Å². The number of alkyl halides is 1. The average Bonchev–Trinajstić information content (AvgIpc) is 3.87. The molecular formula is C37H36FN5O3. The second-order valence-electron chi connectivity index (χ2n) is 12.8. The lowest BCUT2D eigenvalue weighted by Gasteiger charge is -2.34. The zero-order chi connectivity index (χ0) is 31.4. The smallest absolute Gasteiger partial charge is 0.262 e. The van der Waals surface area contributed by atoms with Gasteiger partial charge in [-0.1, -0.05) is 24.3 Å². The molecule has 3 aromatic heterocycles. The minimum Gasteiger partial charge on any atom is -0.491 e. The quantitative estimate of drug-likeness (QED) is 0.223. The zero-order valence-corrected chi connectivity index (χ0v) is 25.8. The zero-order valence-electron chi connectivity index (χ0n) is 25.8. The molecule has 2 aromatic carbocycles. The van der Waals surface area contributed by atoms with Crippen molar-refractivity contribution in [3.05, 3.63) is 95.3 Å². The van der Waals surface area contributed by atoms with Gasteiger partial charge in [-0.3, -0.25) is 9.78 Å². The molecular weight excluding hydrogens is 581 g/mol. The fourth-order valence-corrected chi connectivity index (χ4v) is 6.95. The lowest BCUT2D eigenvalue weighted by molar-refractivity contribution is 0.0671. The molecule has 0 radical (unpaired) electrons. The first-order valence-corrected chi connectivity index (χ1v) is 16.1. The summed E-state index contributed by atoms with van der Waals surface area (Å²) in [7, 11) is 2.02. The van der Waals surface area contributed by atoms with Gasteiger partial charge in [0.15, 0.2) is 0 Å². The van der Waals surface area contributed by atoms with Crippen LogP contribution in [0.1, 0.15) is 58.6 Å². The monoisotopic (exact) mass is 617 g/mol. The van der Waals surface area contributed by atoms with Crippen LogP contribution in [0.25, 0.3) is 33.5 Å². The Morgan fingerprint density at radius 2 is 1.85 bits per heavy atom. The number of hydrogen-bond acceptors (Lipinski definition) is 6. The number of benzene rings is 2. The molecule has 0 bridgehead atoms. The van der Waals surface area contributed by atoms with Gasteiger partial charge in [0, 0.05) is 42.0 Å². The maximum atomic E-state index is 15.7. The highest BCUT2D eigenvalue weighted by Crippen LogP contribution is 2.43. The van der Waals surface area contributed by atoms with Gasteiger partial charge in [0.1, 0.15) is 23.7 Å². The summed E-state index contributed by atoms with van der Waals surface area (Å²) in [6.45, 7) is 1.91. The minimum atomic E-state index is -1.36. The SMILES string of the molecule is CN1CCC(F)(c2ccc(-c3cc4c(-c5cccc(N6CCOc7cc(C8CC8)ccc7C6=O)c5CO)ccnc4[nH]3)nc2)CC1. The number of H-pyrrole nitrogens is 1. The third-order valence-electron chi connectivity index (χ3n) is 9.86. The molecule has 2 fully saturated rings. The number of aliphatic hydroxyl groups is 1. The van der Waals surface area contributed by atoms with Gasteiger partial charge < -0.3 is 24.6 Å². The molecule has 8 nitrogen and oxygen atoms in total. The van der Waals surface area contributed by atoms with E-state index in [-0.39, 0.29) is 12.5 Å². The number of carbonyl (C=O) groups is 1. The number of rotatable bonds is 6. The van der Waals surface area contributed by atoms with Crippen LogP contribution in [0.5, 0.6) is 5.75 Å². The molecule has 1 saturated heterocycles. The first-order valence-electron chi connectivity index (χ1n) is 16.1. The molecule has 234 valence electrons. The van der Waals surface area contributed by atoms with Gasteiger partial charge in [-0.05, 0) is 91.7 Å². The molecule has 2 aliphatic heterocycles. The van der Waals surface area contributed by atoms with Crippen LogP contribution in [0, 0.1) is 0 Å². The Hall–Kier alpha value is -4.60. The highest BCUT2D eigenvalue weighted by Gasteiger charge is 2.36. The summed E-state index contributed by atoms with van der Waals surface area (Å²) < 4.78 is 21.8. The highest BCUT2D eigenvalue weighted by molar-refractivity contribution is 6.09. The van der Waals surface area contributed by atoms with Crippen molar-refractivity contribution in [2.45, 2.75) is 43.9 Å². The van der Waals surface area contributed by atoms with E-state index in [1.54, 1.807) is 17.3 Å². The van der Waals surface area contributed by atoms with E-state index in [4.69, 9.17) is 4.74 Å². The molecule has 5 aromatic rings. The molecule has 0 atom stereocenters. The number of hydrogen-bond donors (Lipinski definition) is 2. The van der Waals surface area contributed by atoms with Crippen molar-refractivity contribution in [2.75, 3.05) is 38.2 Å². The predicted molar refractivity (Wildman–Crippen MR) is 176 cm³/mol. The van der Waals surface area contributed by atoms with Crippen LogP contribution in [0.2, 0.25) is 0 Å². The number of aromatic amines is 1. The van der Waals surface area contributed by atoms with E-state index >= 15 is 4.39 Å². The molecule has 1 amide bonds. The highest BCUT2D eigenvalue weighted by atomic mass is 19.1. The first-order chi connectivity index (χ1) is 22.4.